The fourth-order valence-corrected chi connectivity index (χ4v) is 1.76. The summed E-state index contributed by atoms with van der Waals surface area (Å²) < 4.78 is 11.2. The van der Waals surface area contributed by atoms with Crippen LogP contribution < -0.4 is 14.9 Å². The Hall–Kier alpha value is -2.16. The van der Waals surface area contributed by atoms with E-state index in [1.165, 1.54) is 0 Å². The number of hydrogen-bond donors (Lipinski definition) is 2. The lowest BCUT2D eigenvalue weighted by atomic mass is 10.2. The molecule has 0 unspecified atom stereocenters. The van der Waals surface area contributed by atoms with Gasteiger partial charge in [0.05, 0.1) is 20.4 Å². The van der Waals surface area contributed by atoms with Crippen molar-refractivity contribution in [2.45, 2.75) is 0 Å². The Morgan fingerprint density at radius 3 is 2.68 bits per heavy atom. The molecule has 0 aliphatic heterocycles. The van der Waals surface area contributed by atoms with E-state index in [0.29, 0.717) is 11.5 Å². The highest BCUT2D eigenvalue weighted by atomic mass is 79.9. The zero-order chi connectivity index (χ0) is 13.7. The van der Waals surface area contributed by atoms with Gasteiger partial charge in [0.2, 0.25) is 0 Å². The van der Waals surface area contributed by atoms with Gasteiger partial charge in [-0.05, 0) is 33.3 Å². The summed E-state index contributed by atoms with van der Waals surface area (Å²) in [6, 6.07) is 3.60. The number of hydrogen-bond acceptors (Lipinski definition) is 7. The molecule has 0 radical (unpaired) electrons. The number of anilines is 1. The number of H-pyrrole nitrogens is 1. The molecule has 0 aliphatic rings. The van der Waals surface area contributed by atoms with Crippen LogP contribution in [0.25, 0.3) is 0 Å². The van der Waals surface area contributed by atoms with E-state index in [2.05, 4.69) is 47.1 Å². The fourth-order valence-electron chi connectivity index (χ4n) is 1.34. The van der Waals surface area contributed by atoms with Gasteiger partial charge < -0.3 is 9.47 Å². The summed E-state index contributed by atoms with van der Waals surface area (Å²) in [4.78, 5) is 0. The van der Waals surface area contributed by atoms with Crippen molar-refractivity contribution < 1.29 is 9.47 Å². The lowest BCUT2D eigenvalue weighted by Crippen LogP contribution is -1.96. The Balaban J connectivity index is 2.17. The lowest BCUT2D eigenvalue weighted by Gasteiger charge is -2.09. The van der Waals surface area contributed by atoms with Crippen molar-refractivity contribution in [3.8, 4) is 11.5 Å². The molecule has 19 heavy (non-hydrogen) atoms. The second kappa shape index (κ2) is 6.14. The summed E-state index contributed by atoms with van der Waals surface area (Å²) in [5, 5.41) is 17.1. The van der Waals surface area contributed by atoms with Crippen LogP contribution in [-0.4, -0.2) is 41.1 Å². The van der Waals surface area contributed by atoms with Crippen LogP contribution in [0.3, 0.4) is 0 Å². The molecule has 8 nitrogen and oxygen atoms in total. The maximum atomic E-state index is 5.22. The number of aromatic amines is 1. The topological polar surface area (TPSA) is 97.3 Å². The highest BCUT2D eigenvalue weighted by molar-refractivity contribution is 9.10. The first-order valence-corrected chi connectivity index (χ1v) is 5.98. The van der Waals surface area contributed by atoms with Gasteiger partial charge in [-0.2, -0.15) is 10.3 Å². The fraction of sp³-hybridized carbons (Fsp3) is 0.200. The van der Waals surface area contributed by atoms with Gasteiger partial charge in [-0.3, -0.25) is 0 Å². The molecule has 9 heteroatoms. The molecular weight excluding hydrogens is 316 g/mol. The van der Waals surface area contributed by atoms with Crippen LogP contribution in [0.4, 0.5) is 5.95 Å². The third-order valence-corrected chi connectivity index (χ3v) is 2.90. The average Bonchev–Trinajstić information content (AvgIpc) is 2.93. The summed E-state index contributed by atoms with van der Waals surface area (Å²) >= 11 is 3.43. The summed E-state index contributed by atoms with van der Waals surface area (Å²) in [7, 11) is 3.15. The zero-order valence-corrected chi connectivity index (χ0v) is 11.8. The van der Waals surface area contributed by atoms with Crippen molar-refractivity contribution in [2.24, 2.45) is 5.10 Å². The molecular formula is C10H11BrN6O2. The standard InChI is InChI=1S/C10H11BrN6O2/c1-18-8-3-6(7(11)4-9(8)19-2)5-12-13-10-14-16-17-15-10/h3-5H,1-2H3,(H2,13,14,15,16,17)/b12-5-. The number of methoxy groups -OCH3 is 2. The highest BCUT2D eigenvalue weighted by Gasteiger charge is 2.08. The first-order chi connectivity index (χ1) is 9.24. The molecule has 1 heterocycles. The Labute approximate surface area is 117 Å². The molecule has 0 fully saturated rings. The van der Waals surface area contributed by atoms with E-state index < -0.39 is 0 Å². The van der Waals surface area contributed by atoms with Crippen LogP contribution in [0.15, 0.2) is 21.7 Å². The molecule has 0 saturated carbocycles. The smallest absolute Gasteiger partial charge is 0.283 e. The van der Waals surface area contributed by atoms with Gasteiger partial charge in [0.1, 0.15) is 0 Å². The third kappa shape index (κ3) is 3.19. The monoisotopic (exact) mass is 326 g/mol. The molecule has 0 amide bonds. The molecule has 0 bridgehead atoms. The van der Waals surface area contributed by atoms with Gasteiger partial charge in [-0.1, -0.05) is 5.10 Å². The number of rotatable bonds is 5. The largest absolute Gasteiger partial charge is 0.493 e. The van der Waals surface area contributed by atoms with Crippen LogP contribution in [0.2, 0.25) is 0 Å². The minimum Gasteiger partial charge on any atom is -0.493 e. The van der Waals surface area contributed by atoms with Crippen molar-refractivity contribution in [1.29, 1.82) is 0 Å². The average molecular weight is 327 g/mol. The van der Waals surface area contributed by atoms with Crippen molar-refractivity contribution in [3.63, 3.8) is 0 Å². The van der Waals surface area contributed by atoms with Crippen LogP contribution >= 0.6 is 15.9 Å². The van der Waals surface area contributed by atoms with E-state index >= 15 is 0 Å². The predicted octanol–water partition coefficient (Wildman–Crippen LogP) is 1.43. The van der Waals surface area contributed by atoms with Crippen LogP contribution in [0, 0.1) is 0 Å². The molecule has 0 atom stereocenters. The Kier molecular flexibility index (Phi) is 4.29. The maximum absolute atomic E-state index is 5.22. The Morgan fingerprint density at radius 2 is 2.05 bits per heavy atom. The predicted molar refractivity (Wildman–Crippen MR) is 72.6 cm³/mol. The SMILES string of the molecule is COc1cc(Br)c(/C=N\Nc2nn[nH]n2)cc1OC. The summed E-state index contributed by atoms with van der Waals surface area (Å²) in [6.45, 7) is 0. The van der Waals surface area contributed by atoms with Crippen molar-refractivity contribution in [2.75, 3.05) is 19.6 Å². The molecule has 0 aliphatic carbocycles. The van der Waals surface area contributed by atoms with Gasteiger partial charge in [-0.15, -0.1) is 5.10 Å². The number of hydrazone groups is 1. The first-order valence-electron chi connectivity index (χ1n) is 5.18. The molecule has 1 aromatic carbocycles. The first kappa shape index (κ1) is 13.3. The van der Waals surface area contributed by atoms with Crippen LogP contribution in [0.5, 0.6) is 11.5 Å². The van der Waals surface area contributed by atoms with Crippen molar-refractivity contribution in [3.05, 3.63) is 22.2 Å². The van der Waals surface area contributed by atoms with Crippen molar-refractivity contribution in [1.82, 2.24) is 20.6 Å². The van der Waals surface area contributed by atoms with E-state index in [-0.39, 0.29) is 5.95 Å². The normalized spacial score (nSPS) is 10.7. The highest BCUT2D eigenvalue weighted by Crippen LogP contribution is 2.32. The van der Waals surface area contributed by atoms with E-state index in [1.54, 1.807) is 32.6 Å². The minimum absolute atomic E-state index is 0.285. The molecule has 100 valence electrons. The molecule has 2 rings (SSSR count). The van der Waals surface area contributed by atoms with Gasteiger partial charge in [-0.25, -0.2) is 5.43 Å². The summed E-state index contributed by atoms with van der Waals surface area (Å²) in [5.74, 6) is 1.54. The zero-order valence-electron chi connectivity index (χ0n) is 10.2. The van der Waals surface area contributed by atoms with Crippen LogP contribution in [-0.2, 0) is 0 Å². The molecule has 2 aromatic rings. The maximum Gasteiger partial charge on any atom is 0.283 e. The summed E-state index contributed by atoms with van der Waals surface area (Å²) in [6.07, 6.45) is 1.60. The van der Waals surface area contributed by atoms with Crippen molar-refractivity contribution >= 4 is 28.1 Å². The molecule has 1 aromatic heterocycles. The number of aromatic nitrogens is 4. The van der Waals surface area contributed by atoms with Crippen LogP contribution in [0.1, 0.15) is 5.56 Å². The number of ether oxygens (including phenoxy) is 2. The number of halogens is 1. The second-order valence-electron chi connectivity index (χ2n) is 3.33. The molecule has 0 saturated heterocycles. The van der Waals surface area contributed by atoms with E-state index in [4.69, 9.17) is 9.47 Å². The molecule has 2 N–H and O–H groups in total. The van der Waals surface area contributed by atoms with Gasteiger partial charge in [0.25, 0.3) is 5.95 Å². The van der Waals surface area contributed by atoms with E-state index in [0.717, 1.165) is 10.0 Å². The summed E-state index contributed by atoms with van der Waals surface area (Å²) in [5.41, 5.74) is 3.44. The second-order valence-corrected chi connectivity index (χ2v) is 4.19. The quantitative estimate of drug-likeness (QED) is 0.637. The molecule has 0 spiro atoms. The Morgan fingerprint density at radius 1 is 1.32 bits per heavy atom. The van der Waals surface area contributed by atoms with Gasteiger partial charge >= 0.3 is 0 Å². The van der Waals surface area contributed by atoms with E-state index in [1.807, 2.05) is 0 Å². The van der Waals surface area contributed by atoms with Gasteiger partial charge in [0.15, 0.2) is 11.5 Å². The number of nitrogens with one attached hydrogen (secondary N) is 2. The number of nitrogens with zero attached hydrogens (tertiary/aromatic N) is 4. The minimum atomic E-state index is 0.285. The number of benzene rings is 1. The van der Waals surface area contributed by atoms with Gasteiger partial charge in [0, 0.05) is 10.0 Å². The lowest BCUT2D eigenvalue weighted by molar-refractivity contribution is 0.354. The number of tetrazole rings is 1. The Bertz CT molecular complexity index is 572. The third-order valence-electron chi connectivity index (χ3n) is 2.22. The van der Waals surface area contributed by atoms with E-state index in [9.17, 15) is 0 Å².